The molecule has 0 aliphatic rings. The van der Waals surface area contributed by atoms with Crippen molar-refractivity contribution in [3.8, 4) is 5.75 Å². The van der Waals surface area contributed by atoms with Crippen molar-refractivity contribution in [1.82, 2.24) is 14.7 Å². The minimum Gasteiger partial charge on any atom is -0.494 e. The zero-order valence-corrected chi connectivity index (χ0v) is 15.1. The van der Waals surface area contributed by atoms with Gasteiger partial charge in [0.25, 0.3) is 5.91 Å². The maximum Gasteiger partial charge on any atom is 0.266 e. The molecule has 24 heavy (non-hydrogen) atoms. The van der Waals surface area contributed by atoms with Crippen molar-refractivity contribution in [3.05, 3.63) is 40.4 Å². The number of carbonyl (C=O) groups is 1. The first-order valence-corrected chi connectivity index (χ1v) is 9.43. The predicted molar refractivity (Wildman–Crippen MR) is 93.6 cm³/mol. The molecule has 7 nitrogen and oxygen atoms in total. The Morgan fingerprint density at radius 3 is 2.54 bits per heavy atom. The lowest BCUT2D eigenvalue weighted by Gasteiger charge is -2.10. The van der Waals surface area contributed by atoms with Gasteiger partial charge in [-0.3, -0.25) is 4.79 Å². The van der Waals surface area contributed by atoms with Crippen LogP contribution in [0.2, 0.25) is 0 Å². The van der Waals surface area contributed by atoms with Gasteiger partial charge in [-0.1, -0.05) is 6.07 Å². The van der Waals surface area contributed by atoms with Gasteiger partial charge in [0.1, 0.15) is 22.3 Å². The number of aromatic nitrogens is 2. The number of sulfonamides is 1. The lowest BCUT2D eigenvalue weighted by atomic mass is 10.1. The molecule has 124 valence electrons. The van der Waals surface area contributed by atoms with Gasteiger partial charge < -0.3 is 4.74 Å². The molecule has 2 aromatic carbocycles. The second-order valence-corrected chi connectivity index (χ2v) is 7.65. The largest absolute Gasteiger partial charge is 0.494 e. The molecule has 1 N–H and O–H groups in total. The molecule has 0 saturated carbocycles. The third-order valence-electron chi connectivity index (χ3n) is 3.28. The average molecular weight is 410 g/mol. The second-order valence-electron chi connectivity index (χ2n) is 5.05. The molecule has 0 atom stereocenters. The molecule has 0 unspecified atom stereocenters. The molecule has 1 amide bonds. The second kappa shape index (κ2) is 5.99. The summed E-state index contributed by atoms with van der Waals surface area (Å²) in [5.74, 6) is -0.204. The predicted octanol–water partition coefficient (Wildman–Crippen LogP) is 2.24. The summed E-state index contributed by atoms with van der Waals surface area (Å²) in [6.45, 7) is 0. The minimum atomic E-state index is -3.68. The van der Waals surface area contributed by atoms with Crippen LogP contribution in [0, 0.1) is 0 Å². The SMILES string of the molecule is COc1ccc(Br)c2nc3c(C(=O)NS(C)(=O)=O)cccc3nc12. The number of amides is 1. The summed E-state index contributed by atoms with van der Waals surface area (Å²) in [6.07, 6.45) is 0.915. The van der Waals surface area contributed by atoms with Gasteiger partial charge in [-0.25, -0.2) is 23.1 Å². The first kappa shape index (κ1) is 16.6. The lowest BCUT2D eigenvalue weighted by molar-refractivity contribution is 0.0983. The van der Waals surface area contributed by atoms with Crippen LogP contribution in [-0.2, 0) is 10.0 Å². The van der Waals surface area contributed by atoms with E-state index in [2.05, 4.69) is 25.9 Å². The molecule has 1 aromatic heterocycles. The Morgan fingerprint density at radius 2 is 1.88 bits per heavy atom. The van der Waals surface area contributed by atoms with Crippen molar-refractivity contribution in [2.75, 3.05) is 13.4 Å². The molecule has 0 aliphatic carbocycles. The highest BCUT2D eigenvalue weighted by Crippen LogP contribution is 2.31. The van der Waals surface area contributed by atoms with Crippen LogP contribution in [-0.4, -0.2) is 37.7 Å². The van der Waals surface area contributed by atoms with Crippen molar-refractivity contribution >= 4 is 53.9 Å². The van der Waals surface area contributed by atoms with Crippen LogP contribution < -0.4 is 9.46 Å². The number of halogens is 1. The summed E-state index contributed by atoms with van der Waals surface area (Å²) >= 11 is 3.40. The lowest BCUT2D eigenvalue weighted by Crippen LogP contribution is -2.29. The Hall–Kier alpha value is -2.26. The Bertz CT molecular complexity index is 1080. The van der Waals surface area contributed by atoms with E-state index in [1.54, 1.807) is 24.3 Å². The van der Waals surface area contributed by atoms with E-state index in [9.17, 15) is 13.2 Å². The maximum absolute atomic E-state index is 12.2. The Kier molecular flexibility index (Phi) is 4.14. The van der Waals surface area contributed by atoms with Crippen molar-refractivity contribution in [1.29, 1.82) is 0 Å². The number of methoxy groups -OCH3 is 1. The number of nitrogens with zero attached hydrogens (tertiary/aromatic N) is 2. The smallest absolute Gasteiger partial charge is 0.266 e. The van der Waals surface area contributed by atoms with Crippen LogP contribution in [0.5, 0.6) is 5.75 Å². The standard InChI is InChI=1S/C15H12BrN3O4S/c1-23-11-7-6-9(16)13-14(11)17-10-5-3-4-8(12(10)18-13)15(20)19-24(2,21)22/h3-7H,1-2H3,(H,19,20). The van der Waals surface area contributed by atoms with Gasteiger partial charge in [0, 0.05) is 4.47 Å². The van der Waals surface area contributed by atoms with Crippen LogP contribution >= 0.6 is 15.9 Å². The molecule has 0 saturated heterocycles. The molecular weight excluding hydrogens is 398 g/mol. The van der Waals surface area contributed by atoms with E-state index in [0.717, 1.165) is 6.26 Å². The van der Waals surface area contributed by atoms with Crippen LogP contribution in [0.15, 0.2) is 34.8 Å². The van der Waals surface area contributed by atoms with Crippen molar-refractivity contribution in [2.45, 2.75) is 0 Å². The van der Waals surface area contributed by atoms with Gasteiger partial charge in [-0.05, 0) is 40.2 Å². The average Bonchev–Trinajstić information content (AvgIpc) is 2.51. The molecule has 0 radical (unpaired) electrons. The quantitative estimate of drug-likeness (QED) is 0.666. The normalized spacial score (nSPS) is 11.6. The number of ether oxygens (including phenoxy) is 1. The summed E-state index contributed by atoms with van der Waals surface area (Å²) in [7, 11) is -2.15. The van der Waals surface area contributed by atoms with E-state index in [1.165, 1.54) is 13.2 Å². The number of carbonyl (C=O) groups excluding carboxylic acids is 1. The van der Waals surface area contributed by atoms with E-state index in [1.807, 2.05) is 4.72 Å². The topological polar surface area (TPSA) is 98.2 Å². The summed E-state index contributed by atoms with van der Waals surface area (Å²) in [5.41, 5.74) is 1.95. The number of para-hydroxylation sites is 1. The minimum absolute atomic E-state index is 0.127. The molecular formula is C15H12BrN3O4S. The highest BCUT2D eigenvalue weighted by Gasteiger charge is 2.17. The number of nitrogens with one attached hydrogen (secondary N) is 1. The Balaban J connectivity index is 2.31. The summed E-state index contributed by atoms with van der Waals surface area (Å²) in [6, 6.07) is 8.33. The van der Waals surface area contributed by atoms with Crippen LogP contribution in [0.25, 0.3) is 22.1 Å². The van der Waals surface area contributed by atoms with Gasteiger partial charge in [-0.15, -0.1) is 0 Å². The zero-order chi connectivity index (χ0) is 17.5. The highest BCUT2D eigenvalue weighted by atomic mass is 79.9. The summed E-state index contributed by atoms with van der Waals surface area (Å²) in [4.78, 5) is 21.2. The Labute approximate surface area is 146 Å². The van der Waals surface area contributed by atoms with Crippen molar-refractivity contribution in [3.63, 3.8) is 0 Å². The number of hydrogen-bond donors (Lipinski definition) is 1. The molecule has 3 aromatic rings. The van der Waals surface area contributed by atoms with Crippen LogP contribution in [0.3, 0.4) is 0 Å². The molecule has 0 bridgehead atoms. The fraction of sp³-hybridized carbons (Fsp3) is 0.133. The van der Waals surface area contributed by atoms with Gasteiger partial charge in [0.15, 0.2) is 0 Å². The summed E-state index contributed by atoms with van der Waals surface area (Å²) in [5, 5.41) is 0. The Morgan fingerprint density at radius 1 is 1.12 bits per heavy atom. The van der Waals surface area contributed by atoms with E-state index in [0.29, 0.717) is 32.3 Å². The number of hydrogen-bond acceptors (Lipinski definition) is 6. The number of rotatable bonds is 3. The fourth-order valence-corrected chi connectivity index (χ4v) is 3.15. The van der Waals surface area contributed by atoms with Gasteiger partial charge in [-0.2, -0.15) is 0 Å². The third kappa shape index (κ3) is 3.04. The monoisotopic (exact) mass is 409 g/mol. The zero-order valence-electron chi connectivity index (χ0n) is 12.7. The number of fused-ring (bicyclic) bond motifs is 2. The van der Waals surface area contributed by atoms with Crippen LogP contribution in [0.4, 0.5) is 0 Å². The highest BCUT2D eigenvalue weighted by molar-refractivity contribution is 9.10. The summed E-state index contributed by atoms with van der Waals surface area (Å²) < 4.78 is 30.5. The first-order valence-electron chi connectivity index (χ1n) is 6.75. The molecule has 1 heterocycles. The molecule has 9 heteroatoms. The fourth-order valence-electron chi connectivity index (χ4n) is 2.29. The molecule has 0 aliphatic heterocycles. The van der Waals surface area contributed by atoms with Crippen LogP contribution in [0.1, 0.15) is 10.4 Å². The van der Waals surface area contributed by atoms with E-state index < -0.39 is 15.9 Å². The van der Waals surface area contributed by atoms with Crippen molar-refractivity contribution < 1.29 is 17.9 Å². The third-order valence-corrected chi connectivity index (χ3v) is 4.47. The maximum atomic E-state index is 12.2. The first-order chi connectivity index (χ1) is 11.3. The molecule has 3 rings (SSSR count). The van der Waals surface area contributed by atoms with E-state index in [4.69, 9.17) is 4.74 Å². The molecule has 0 spiro atoms. The van der Waals surface area contributed by atoms with Gasteiger partial charge in [0.2, 0.25) is 10.0 Å². The molecule has 0 fully saturated rings. The van der Waals surface area contributed by atoms with Gasteiger partial charge in [0.05, 0.1) is 24.4 Å². The van der Waals surface area contributed by atoms with Crippen molar-refractivity contribution in [2.24, 2.45) is 0 Å². The van der Waals surface area contributed by atoms with E-state index >= 15 is 0 Å². The van der Waals surface area contributed by atoms with E-state index in [-0.39, 0.29) is 5.56 Å². The number of benzene rings is 2. The van der Waals surface area contributed by atoms with Gasteiger partial charge >= 0.3 is 0 Å².